The Morgan fingerprint density at radius 2 is 0.628 bits per heavy atom. The number of aromatic nitrogens is 3. The normalized spacial score (nSPS) is 11.4. The van der Waals surface area contributed by atoms with Crippen LogP contribution >= 0.6 is 0 Å². The Morgan fingerprint density at radius 3 is 1.12 bits per heavy atom. The Balaban J connectivity index is 0.891. The van der Waals surface area contributed by atoms with Crippen molar-refractivity contribution in [2.45, 2.75) is 0 Å². The minimum atomic E-state index is -0.416. The van der Waals surface area contributed by atoms with Gasteiger partial charge in [0.25, 0.3) is 0 Å². The Kier molecular flexibility index (Phi) is 11.3. The maximum Gasteiger partial charge on any atom is 0.344 e. The first-order chi connectivity index (χ1) is 38.5. The molecule has 0 unspecified atom stereocenters. The summed E-state index contributed by atoms with van der Waals surface area (Å²) in [6.45, 7) is 0. The fraction of sp³-hybridized carbons (Fsp3) is 0. The van der Waals surface area contributed by atoms with Gasteiger partial charge in [-0.1, -0.05) is 176 Å². The Hall–Kier alpha value is -10.6. The highest BCUT2D eigenvalue weighted by Crippen LogP contribution is 2.43. The maximum absolute atomic E-state index is 13.6. The number of hydrogen-bond acceptors (Lipinski definition) is 7. The lowest BCUT2D eigenvalue weighted by molar-refractivity contribution is 0.568. The van der Waals surface area contributed by atoms with Crippen LogP contribution in [0.15, 0.2) is 280 Å². The standard InChI is InChI=1S/C71H43N3O4/c75-70-63-41-50(30-32-61(63)68-66(77-70)20-10-35-73-68)56-15-5-8-18-59(56)53-38-52(39-54(40-53)60-19-9-6-16-57(60)51-31-33-62-64(42-51)71(76)78-67-21-11-36-74-69(62)67)58-17-7-4-14-55(58)47-26-28-48(29-27-47)65-43-49(34-37-72-65)46-24-22-45(23-25-46)44-12-2-1-3-13-44/h1-43H. The molecule has 0 saturated carbocycles. The molecule has 0 aliphatic carbocycles. The molecule has 78 heavy (non-hydrogen) atoms. The molecule has 0 bridgehead atoms. The third-order valence-electron chi connectivity index (χ3n) is 14.8. The Bertz CT molecular complexity index is 4580. The number of hydrogen-bond donors (Lipinski definition) is 0. The molecule has 0 amide bonds. The molecule has 0 aliphatic rings. The second kappa shape index (κ2) is 19.3. The minimum Gasteiger partial charge on any atom is -0.421 e. The fourth-order valence-electron chi connectivity index (χ4n) is 11.0. The molecular weight excluding hydrogens is 959 g/mol. The molecule has 0 aliphatic heterocycles. The van der Waals surface area contributed by atoms with E-state index in [4.69, 9.17) is 13.8 Å². The van der Waals surface area contributed by atoms with Crippen molar-refractivity contribution in [1.29, 1.82) is 0 Å². The number of nitrogens with zero attached hydrogens (tertiary/aromatic N) is 3. The van der Waals surface area contributed by atoms with Crippen LogP contribution in [0.25, 0.3) is 144 Å². The largest absolute Gasteiger partial charge is 0.421 e. The lowest BCUT2D eigenvalue weighted by atomic mass is 9.86. The molecule has 0 N–H and O–H groups in total. The maximum atomic E-state index is 13.6. The highest BCUT2D eigenvalue weighted by molar-refractivity contribution is 6.05. The van der Waals surface area contributed by atoms with Crippen LogP contribution in [0.5, 0.6) is 0 Å². The van der Waals surface area contributed by atoms with Crippen molar-refractivity contribution in [3.8, 4) is 100 Å². The van der Waals surface area contributed by atoms with Gasteiger partial charge in [0.2, 0.25) is 0 Å². The van der Waals surface area contributed by atoms with Gasteiger partial charge >= 0.3 is 11.3 Å². The van der Waals surface area contributed by atoms with Crippen molar-refractivity contribution in [2.24, 2.45) is 0 Å². The first-order valence-electron chi connectivity index (χ1n) is 25.8. The van der Waals surface area contributed by atoms with Crippen molar-refractivity contribution in [1.82, 2.24) is 15.0 Å². The van der Waals surface area contributed by atoms with Crippen molar-refractivity contribution in [3.05, 3.63) is 282 Å². The summed E-state index contributed by atoms with van der Waals surface area (Å²) in [6.07, 6.45) is 5.30. The minimum absolute atomic E-state index is 0.416. The SMILES string of the molecule is O=c1oc2cccnc2c2ccc(-c3ccccc3-c3cc(-c4ccccc4-c4ccc(-c5cc(-c6ccc(-c7ccccc7)cc6)ccn5)cc4)cc(-c4ccccc4-c4ccc5c(c4)c(=O)oc4cccnc45)c3)cc12. The van der Waals surface area contributed by atoms with E-state index in [9.17, 15) is 9.59 Å². The average Bonchev–Trinajstić information content (AvgIpc) is 3.54. The smallest absolute Gasteiger partial charge is 0.344 e. The number of fused-ring (bicyclic) bond motifs is 6. The van der Waals surface area contributed by atoms with E-state index >= 15 is 0 Å². The van der Waals surface area contributed by atoms with Gasteiger partial charge in [-0.2, -0.15) is 0 Å². The van der Waals surface area contributed by atoms with Crippen LogP contribution in [-0.4, -0.2) is 15.0 Å². The van der Waals surface area contributed by atoms with E-state index in [-0.39, 0.29) is 0 Å². The molecule has 5 aromatic heterocycles. The molecule has 0 atom stereocenters. The predicted octanol–water partition coefficient (Wildman–Crippen LogP) is 17.4. The van der Waals surface area contributed by atoms with Gasteiger partial charge in [0.1, 0.15) is 11.0 Å². The summed E-state index contributed by atoms with van der Waals surface area (Å²) in [5.41, 5.74) is 19.6. The topological polar surface area (TPSA) is 99.1 Å². The van der Waals surface area contributed by atoms with Crippen LogP contribution in [0.4, 0.5) is 0 Å². The molecule has 9 aromatic carbocycles. The van der Waals surface area contributed by atoms with Crippen LogP contribution in [0.2, 0.25) is 0 Å². The van der Waals surface area contributed by atoms with Gasteiger partial charge in [0, 0.05) is 34.9 Å². The first kappa shape index (κ1) is 45.9. The summed E-state index contributed by atoms with van der Waals surface area (Å²) in [4.78, 5) is 41.1. The molecule has 5 heterocycles. The van der Waals surface area contributed by atoms with Crippen molar-refractivity contribution in [2.75, 3.05) is 0 Å². The summed E-state index contributed by atoms with van der Waals surface area (Å²) in [5, 5.41) is 2.39. The van der Waals surface area contributed by atoms with E-state index in [0.717, 1.165) is 99.9 Å². The number of benzene rings is 9. The van der Waals surface area contributed by atoms with E-state index in [1.54, 1.807) is 36.7 Å². The van der Waals surface area contributed by atoms with Crippen LogP contribution in [0.1, 0.15) is 0 Å². The molecule has 0 radical (unpaired) electrons. The summed E-state index contributed by atoms with van der Waals surface area (Å²) in [5.74, 6) is 0. The van der Waals surface area contributed by atoms with Crippen molar-refractivity contribution in [3.63, 3.8) is 0 Å². The zero-order valence-corrected chi connectivity index (χ0v) is 41.8. The summed E-state index contributed by atoms with van der Waals surface area (Å²) in [6, 6.07) is 82.8. The third kappa shape index (κ3) is 8.33. The zero-order valence-electron chi connectivity index (χ0n) is 41.8. The van der Waals surface area contributed by atoms with Gasteiger partial charge in [0.15, 0.2) is 11.2 Å². The zero-order chi connectivity index (χ0) is 52.1. The van der Waals surface area contributed by atoms with E-state index < -0.39 is 11.3 Å². The average molecular weight is 1000 g/mol. The van der Waals surface area contributed by atoms with Gasteiger partial charge in [-0.15, -0.1) is 0 Å². The summed E-state index contributed by atoms with van der Waals surface area (Å²) in [7, 11) is 0. The monoisotopic (exact) mass is 1000 g/mol. The molecule has 0 spiro atoms. The van der Waals surface area contributed by atoms with Gasteiger partial charge in [-0.3, -0.25) is 15.0 Å². The Morgan fingerprint density at radius 1 is 0.244 bits per heavy atom. The predicted molar refractivity (Wildman–Crippen MR) is 316 cm³/mol. The van der Waals surface area contributed by atoms with Crippen LogP contribution in [-0.2, 0) is 0 Å². The van der Waals surface area contributed by atoms with E-state index in [2.05, 4.69) is 174 Å². The Labute approximate surface area is 447 Å². The van der Waals surface area contributed by atoms with Crippen molar-refractivity contribution < 1.29 is 8.83 Å². The van der Waals surface area contributed by atoms with Gasteiger partial charge < -0.3 is 8.83 Å². The van der Waals surface area contributed by atoms with E-state index in [0.29, 0.717) is 33.0 Å². The second-order valence-electron chi connectivity index (χ2n) is 19.4. The molecule has 0 saturated heterocycles. The molecule has 366 valence electrons. The third-order valence-corrected chi connectivity index (χ3v) is 14.8. The lowest BCUT2D eigenvalue weighted by Crippen LogP contribution is -2.01. The fourth-order valence-corrected chi connectivity index (χ4v) is 11.0. The molecule has 0 fully saturated rings. The first-order valence-corrected chi connectivity index (χ1v) is 25.8. The molecule has 7 nitrogen and oxygen atoms in total. The molecule has 14 rings (SSSR count). The van der Waals surface area contributed by atoms with Crippen LogP contribution in [0, 0.1) is 0 Å². The van der Waals surface area contributed by atoms with E-state index in [1.807, 2.05) is 60.8 Å². The summed E-state index contributed by atoms with van der Waals surface area (Å²) < 4.78 is 11.5. The summed E-state index contributed by atoms with van der Waals surface area (Å²) >= 11 is 0. The molecule has 7 heteroatoms. The quantitative estimate of drug-likeness (QED) is 0.133. The van der Waals surface area contributed by atoms with Gasteiger partial charge in [0.05, 0.1) is 16.5 Å². The van der Waals surface area contributed by atoms with Crippen molar-refractivity contribution >= 4 is 43.7 Å². The molecule has 14 aromatic rings. The molecular formula is C71H43N3O4. The van der Waals surface area contributed by atoms with Gasteiger partial charge in [-0.25, -0.2) is 9.59 Å². The number of rotatable bonds is 9. The highest BCUT2D eigenvalue weighted by Gasteiger charge is 2.19. The highest BCUT2D eigenvalue weighted by atomic mass is 16.4. The number of pyridine rings is 3. The second-order valence-corrected chi connectivity index (χ2v) is 19.4. The van der Waals surface area contributed by atoms with Crippen LogP contribution < -0.4 is 11.3 Å². The van der Waals surface area contributed by atoms with Gasteiger partial charge in [-0.05, 0) is 156 Å². The van der Waals surface area contributed by atoms with Crippen LogP contribution in [0.3, 0.4) is 0 Å². The van der Waals surface area contributed by atoms with E-state index in [1.165, 1.54) is 11.1 Å². The lowest BCUT2D eigenvalue weighted by Gasteiger charge is -2.18.